The maximum Gasteiger partial charge on any atom is 0.224 e. The van der Waals surface area contributed by atoms with Gasteiger partial charge in [0.25, 0.3) is 0 Å². The molecule has 0 aromatic carbocycles. The van der Waals surface area contributed by atoms with Crippen LogP contribution in [0.4, 0.5) is 0 Å². The van der Waals surface area contributed by atoms with Crippen molar-refractivity contribution in [3.63, 3.8) is 0 Å². The van der Waals surface area contributed by atoms with E-state index in [2.05, 4.69) is 15.1 Å². The van der Waals surface area contributed by atoms with Gasteiger partial charge in [0.2, 0.25) is 5.28 Å². The van der Waals surface area contributed by atoms with Crippen molar-refractivity contribution < 1.29 is 0 Å². The molecule has 0 spiro atoms. The van der Waals surface area contributed by atoms with Gasteiger partial charge in [-0.1, -0.05) is 11.6 Å². The fourth-order valence-corrected chi connectivity index (χ4v) is 1.12. The first-order valence-corrected chi connectivity index (χ1v) is 3.54. The third-order valence-electron chi connectivity index (χ3n) is 1.25. The molecule has 0 N–H and O–H groups in total. The molecule has 0 aliphatic heterocycles. The van der Waals surface area contributed by atoms with E-state index in [1.807, 2.05) is 0 Å². The lowest BCUT2D eigenvalue weighted by molar-refractivity contribution is 0.893. The van der Waals surface area contributed by atoms with Crippen LogP contribution in [-0.2, 0) is 0 Å². The Morgan fingerprint density at radius 3 is 2.82 bits per heavy atom. The highest BCUT2D eigenvalue weighted by atomic mass is 35.5. The van der Waals surface area contributed by atoms with Gasteiger partial charge in [0.1, 0.15) is 11.8 Å². The van der Waals surface area contributed by atoms with Gasteiger partial charge in [0.15, 0.2) is 5.15 Å². The highest BCUT2D eigenvalue weighted by Gasteiger charge is 2.04. The Balaban J connectivity index is 2.94. The normalized spacial score (nSPS) is 10.7. The molecule has 0 saturated carbocycles. The molecule has 2 aromatic rings. The van der Waals surface area contributed by atoms with Crippen molar-refractivity contribution in [3.8, 4) is 0 Å². The van der Waals surface area contributed by atoms with Crippen LogP contribution in [0.3, 0.4) is 0 Å². The molecule has 0 fully saturated rings. The second kappa shape index (κ2) is 2.32. The Labute approximate surface area is 71.8 Å². The number of hydrogen-bond acceptors (Lipinski definition) is 3. The zero-order chi connectivity index (χ0) is 7.84. The van der Waals surface area contributed by atoms with Gasteiger partial charge < -0.3 is 0 Å². The lowest BCUT2D eigenvalue weighted by atomic mass is 10.6. The van der Waals surface area contributed by atoms with Crippen molar-refractivity contribution in [3.05, 3.63) is 23.0 Å². The first-order chi connectivity index (χ1) is 5.29. The third kappa shape index (κ3) is 0.948. The quantitative estimate of drug-likeness (QED) is 0.629. The molecule has 6 heteroatoms. The van der Waals surface area contributed by atoms with Gasteiger partial charge in [-0.2, -0.15) is 9.61 Å². The lowest BCUT2D eigenvalue weighted by Gasteiger charge is -1.92. The van der Waals surface area contributed by atoms with E-state index in [1.54, 1.807) is 0 Å². The molecule has 11 heavy (non-hydrogen) atoms. The summed E-state index contributed by atoms with van der Waals surface area (Å²) in [6.07, 6.45) is 2.84. The van der Waals surface area contributed by atoms with Crippen molar-refractivity contribution >= 4 is 28.7 Å². The zero-order valence-corrected chi connectivity index (χ0v) is 6.71. The fourth-order valence-electron chi connectivity index (χ4n) is 0.768. The van der Waals surface area contributed by atoms with Gasteiger partial charge in [-0.25, -0.2) is 9.97 Å². The van der Waals surface area contributed by atoms with Crippen molar-refractivity contribution in [2.45, 2.75) is 0 Å². The second-order valence-corrected chi connectivity index (χ2v) is 2.57. The Kier molecular flexibility index (Phi) is 1.44. The molecular formula is C5H2Cl2N4. The van der Waals surface area contributed by atoms with Crippen LogP contribution in [0.1, 0.15) is 0 Å². The molecule has 56 valence electrons. The summed E-state index contributed by atoms with van der Waals surface area (Å²) in [6, 6.07) is 0. The van der Waals surface area contributed by atoms with E-state index >= 15 is 0 Å². The summed E-state index contributed by atoms with van der Waals surface area (Å²) in [4.78, 5) is 7.55. The molecule has 0 radical (unpaired) electrons. The molecule has 0 unspecified atom stereocenters. The highest BCUT2D eigenvalue weighted by Crippen LogP contribution is 2.15. The standard InChI is InChI=1S/C5H2Cl2N4/c6-4-3-1-8-5(7)11(3)10-2-9-4/h1-2H. The molecule has 0 saturated heterocycles. The van der Waals surface area contributed by atoms with Crippen LogP contribution in [0, 0.1) is 0 Å². The average molecular weight is 189 g/mol. The molecular weight excluding hydrogens is 187 g/mol. The number of nitrogens with zero attached hydrogens (tertiary/aromatic N) is 4. The second-order valence-electron chi connectivity index (χ2n) is 1.88. The maximum absolute atomic E-state index is 5.70. The van der Waals surface area contributed by atoms with E-state index in [0.29, 0.717) is 10.7 Å². The Morgan fingerprint density at radius 1 is 1.27 bits per heavy atom. The topological polar surface area (TPSA) is 43.1 Å². The van der Waals surface area contributed by atoms with Crippen LogP contribution >= 0.6 is 23.2 Å². The van der Waals surface area contributed by atoms with Crippen molar-refractivity contribution in [1.82, 2.24) is 19.6 Å². The number of imidazole rings is 1. The molecule has 0 aliphatic carbocycles. The lowest BCUT2D eigenvalue weighted by Crippen LogP contribution is -1.92. The molecule has 2 heterocycles. The van der Waals surface area contributed by atoms with E-state index in [4.69, 9.17) is 23.2 Å². The number of rotatable bonds is 0. The van der Waals surface area contributed by atoms with Crippen LogP contribution in [0.2, 0.25) is 10.4 Å². The maximum atomic E-state index is 5.70. The van der Waals surface area contributed by atoms with Gasteiger partial charge in [0, 0.05) is 0 Å². The van der Waals surface area contributed by atoms with Crippen LogP contribution < -0.4 is 0 Å². The smallest absolute Gasteiger partial charge is 0.224 e. The van der Waals surface area contributed by atoms with Crippen LogP contribution in [0.25, 0.3) is 5.52 Å². The number of halogens is 2. The van der Waals surface area contributed by atoms with Gasteiger partial charge >= 0.3 is 0 Å². The molecule has 0 aliphatic rings. The Hall–Kier alpha value is -0.870. The van der Waals surface area contributed by atoms with Gasteiger partial charge in [-0.3, -0.25) is 0 Å². The van der Waals surface area contributed by atoms with E-state index < -0.39 is 0 Å². The van der Waals surface area contributed by atoms with E-state index in [-0.39, 0.29) is 5.28 Å². The Bertz CT molecular complexity index is 396. The molecule has 2 rings (SSSR count). The summed E-state index contributed by atoms with van der Waals surface area (Å²) < 4.78 is 1.41. The van der Waals surface area contributed by atoms with Crippen molar-refractivity contribution in [2.75, 3.05) is 0 Å². The first-order valence-electron chi connectivity index (χ1n) is 2.79. The molecule has 0 atom stereocenters. The minimum atomic E-state index is 0.282. The number of hydrogen-bond donors (Lipinski definition) is 0. The average Bonchev–Trinajstić information content (AvgIpc) is 2.35. The summed E-state index contributed by atoms with van der Waals surface area (Å²) in [5.74, 6) is 0. The first kappa shape index (κ1) is 6.82. The third-order valence-corrected chi connectivity index (χ3v) is 1.79. The predicted octanol–water partition coefficient (Wildman–Crippen LogP) is 1.43. The molecule has 0 bridgehead atoms. The summed E-state index contributed by atoms with van der Waals surface area (Å²) in [5.41, 5.74) is 0.610. The summed E-state index contributed by atoms with van der Waals surface area (Å²) in [5, 5.41) is 4.46. The monoisotopic (exact) mass is 188 g/mol. The Morgan fingerprint density at radius 2 is 2.09 bits per heavy atom. The van der Waals surface area contributed by atoms with Gasteiger partial charge in [0.05, 0.1) is 6.20 Å². The number of aromatic nitrogens is 4. The summed E-state index contributed by atoms with van der Waals surface area (Å²) in [6.45, 7) is 0. The van der Waals surface area contributed by atoms with E-state index in [9.17, 15) is 0 Å². The van der Waals surface area contributed by atoms with Gasteiger partial charge in [-0.05, 0) is 11.6 Å². The fraction of sp³-hybridized carbons (Fsp3) is 0. The van der Waals surface area contributed by atoms with Gasteiger partial charge in [-0.15, -0.1) is 0 Å². The van der Waals surface area contributed by atoms with Crippen LogP contribution in [-0.4, -0.2) is 19.6 Å². The largest absolute Gasteiger partial charge is 0.224 e. The van der Waals surface area contributed by atoms with Crippen LogP contribution in [0.5, 0.6) is 0 Å². The highest BCUT2D eigenvalue weighted by molar-refractivity contribution is 6.33. The van der Waals surface area contributed by atoms with Crippen molar-refractivity contribution in [2.24, 2.45) is 0 Å². The van der Waals surface area contributed by atoms with E-state index in [1.165, 1.54) is 17.0 Å². The minimum absolute atomic E-state index is 0.282. The predicted molar refractivity (Wildman–Crippen MR) is 40.8 cm³/mol. The molecule has 2 aromatic heterocycles. The minimum Gasteiger partial charge on any atom is -0.224 e. The van der Waals surface area contributed by atoms with E-state index in [0.717, 1.165) is 0 Å². The summed E-state index contributed by atoms with van der Waals surface area (Å²) in [7, 11) is 0. The van der Waals surface area contributed by atoms with Crippen LogP contribution in [0.15, 0.2) is 12.5 Å². The van der Waals surface area contributed by atoms with Crippen molar-refractivity contribution in [1.29, 1.82) is 0 Å². The zero-order valence-electron chi connectivity index (χ0n) is 5.20. The molecule has 0 amide bonds. The SMILES string of the molecule is Clc1ncnn2c(Cl)ncc12. The number of fused-ring (bicyclic) bond motifs is 1. The molecule has 4 nitrogen and oxygen atoms in total. The summed E-state index contributed by atoms with van der Waals surface area (Å²) >= 11 is 11.3.